The number of carbonyl (C=O) groups excluding carboxylic acids is 2. The van der Waals surface area contributed by atoms with E-state index in [4.69, 9.17) is 16.3 Å². The van der Waals surface area contributed by atoms with E-state index >= 15 is 0 Å². The van der Waals surface area contributed by atoms with Crippen LogP contribution in [0.4, 0.5) is 11.4 Å². The molecule has 2 aromatic carbocycles. The summed E-state index contributed by atoms with van der Waals surface area (Å²) in [6.07, 6.45) is 0.242. The van der Waals surface area contributed by atoms with Crippen LogP contribution in [0.5, 0.6) is 5.75 Å². The minimum atomic E-state index is -0.491. The highest BCUT2D eigenvalue weighted by molar-refractivity contribution is 6.33. The molecule has 2 N–H and O–H groups in total. The van der Waals surface area contributed by atoms with Crippen LogP contribution in [0, 0.1) is 0 Å². The van der Waals surface area contributed by atoms with E-state index in [0.717, 1.165) is 11.4 Å². The average molecular weight is 377 g/mol. The molecule has 0 aromatic heterocycles. The van der Waals surface area contributed by atoms with Gasteiger partial charge >= 0.3 is 5.97 Å². The number of amides is 1. The van der Waals surface area contributed by atoms with Crippen LogP contribution in [0.2, 0.25) is 5.02 Å². The van der Waals surface area contributed by atoms with Crippen molar-refractivity contribution in [2.45, 2.75) is 13.3 Å². The van der Waals surface area contributed by atoms with Crippen LogP contribution in [0.15, 0.2) is 42.5 Å². The molecule has 2 rings (SSSR count). The second-order valence-electron chi connectivity index (χ2n) is 5.37. The molecule has 6 nitrogen and oxygen atoms in total. The van der Waals surface area contributed by atoms with Crippen LogP contribution in [0.3, 0.4) is 0 Å². The lowest BCUT2D eigenvalue weighted by Gasteiger charge is -2.10. The molecule has 0 aliphatic carbocycles. The van der Waals surface area contributed by atoms with Crippen molar-refractivity contribution in [2.75, 3.05) is 30.9 Å². The van der Waals surface area contributed by atoms with E-state index in [2.05, 4.69) is 15.4 Å². The Bertz CT molecular complexity index is 763. The number of benzene rings is 2. The van der Waals surface area contributed by atoms with Gasteiger partial charge in [-0.05, 0) is 49.4 Å². The van der Waals surface area contributed by atoms with Gasteiger partial charge in [-0.2, -0.15) is 0 Å². The summed E-state index contributed by atoms with van der Waals surface area (Å²) in [5, 5.41) is 6.22. The number of esters is 1. The van der Waals surface area contributed by atoms with Crippen molar-refractivity contribution in [1.82, 2.24) is 0 Å². The highest BCUT2D eigenvalue weighted by Gasteiger charge is 2.11. The zero-order chi connectivity index (χ0) is 18.9. The van der Waals surface area contributed by atoms with Gasteiger partial charge in [0.05, 0.1) is 30.0 Å². The highest BCUT2D eigenvalue weighted by Crippen LogP contribution is 2.23. The van der Waals surface area contributed by atoms with E-state index in [9.17, 15) is 9.59 Å². The molecule has 0 aliphatic rings. The molecule has 0 saturated heterocycles. The van der Waals surface area contributed by atoms with Crippen LogP contribution < -0.4 is 15.4 Å². The van der Waals surface area contributed by atoms with E-state index in [1.54, 1.807) is 6.07 Å². The van der Waals surface area contributed by atoms with Crippen molar-refractivity contribution in [3.8, 4) is 5.75 Å². The van der Waals surface area contributed by atoms with Gasteiger partial charge in [-0.1, -0.05) is 11.6 Å². The molecule has 0 radical (unpaired) electrons. The Balaban J connectivity index is 1.86. The van der Waals surface area contributed by atoms with Gasteiger partial charge in [0, 0.05) is 18.7 Å². The second kappa shape index (κ2) is 9.68. The summed E-state index contributed by atoms with van der Waals surface area (Å²) in [6, 6.07) is 12.1. The number of hydrogen-bond acceptors (Lipinski definition) is 5. The zero-order valence-electron chi connectivity index (χ0n) is 14.7. The van der Waals surface area contributed by atoms with Crippen molar-refractivity contribution in [3.63, 3.8) is 0 Å². The predicted molar refractivity (Wildman–Crippen MR) is 102 cm³/mol. The maximum absolute atomic E-state index is 12.1. The van der Waals surface area contributed by atoms with Crippen molar-refractivity contribution in [1.29, 1.82) is 0 Å². The SMILES string of the molecule is CCOc1ccc(NCCC(=O)Nc2cc(C(=O)OC)ccc2Cl)cc1. The Kier molecular flexibility index (Phi) is 7.29. The molecule has 0 fully saturated rings. The first-order valence-electron chi connectivity index (χ1n) is 8.18. The van der Waals surface area contributed by atoms with Crippen molar-refractivity contribution < 1.29 is 19.1 Å². The Labute approximate surface area is 157 Å². The van der Waals surface area contributed by atoms with E-state index in [1.165, 1.54) is 19.2 Å². The van der Waals surface area contributed by atoms with Crippen LogP contribution >= 0.6 is 11.6 Å². The number of halogens is 1. The number of nitrogens with one attached hydrogen (secondary N) is 2. The summed E-state index contributed by atoms with van der Waals surface area (Å²) in [6.45, 7) is 3.00. The topological polar surface area (TPSA) is 76.7 Å². The standard InChI is InChI=1S/C19H21ClN2O4/c1-3-26-15-7-5-14(6-8-15)21-11-10-18(23)22-17-12-13(19(24)25-2)4-9-16(17)20/h4-9,12,21H,3,10-11H2,1-2H3,(H,22,23). The van der Waals surface area contributed by atoms with E-state index in [-0.39, 0.29) is 12.3 Å². The van der Waals surface area contributed by atoms with Crippen molar-refractivity contribution >= 4 is 34.9 Å². The van der Waals surface area contributed by atoms with Crippen molar-refractivity contribution in [2.24, 2.45) is 0 Å². The Morgan fingerprint density at radius 2 is 1.85 bits per heavy atom. The Morgan fingerprint density at radius 1 is 1.12 bits per heavy atom. The number of anilines is 2. The first-order valence-corrected chi connectivity index (χ1v) is 8.55. The molecule has 0 spiro atoms. The summed E-state index contributed by atoms with van der Waals surface area (Å²) in [4.78, 5) is 23.7. The summed E-state index contributed by atoms with van der Waals surface area (Å²) in [5.41, 5.74) is 1.59. The third-order valence-electron chi connectivity index (χ3n) is 3.51. The normalized spacial score (nSPS) is 10.1. The van der Waals surface area contributed by atoms with Crippen molar-refractivity contribution in [3.05, 3.63) is 53.1 Å². The lowest BCUT2D eigenvalue weighted by molar-refractivity contribution is -0.115. The average Bonchev–Trinajstić information content (AvgIpc) is 2.64. The van der Waals surface area contributed by atoms with Gasteiger partial charge in [0.1, 0.15) is 5.75 Å². The Hall–Kier alpha value is -2.73. The fourth-order valence-electron chi connectivity index (χ4n) is 2.23. The van der Waals surface area contributed by atoms with Gasteiger partial charge in [0.25, 0.3) is 0 Å². The summed E-state index contributed by atoms with van der Waals surface area (Å²) >= 11 is 6.06. The lowest BCUT2D eigenvalue weighted by atomic mass is 10.2. The molecule has 0 bridgehead atoms. The smallest absolute Gasteiger partial charge is 0.337 e. The minimum absolute atomic E-state index is 0.215. The van der Waals surface area contributed by atoms with E-state index in [0.29, 0.717) is 29.4 Å². The van der Waals surface area contributed by atoms with Gasteiger partial charge in [0.15, 0.2) is 0 Å². The molecule has 2 aromatic rings. The molecular weight excluding hydrogens is 356 g/mol. The molecule has 138 valence electrons. The third kappa shape index (κ3) is 5.67. The second-order valence-corrected chi connectivity index (χ2v) is 5.78. The first-order chi connectivity index (χ1) is 12.5. The Morgan fingerprint density at radius 3 is 2.50 bits per heavy atom. The fourth-order valence-corrected chi connectivity index (χ4v) is 2.40. The van der Waals surface area contributed by atoms with Crippen LogP contribution in [0.1, 0.15) is 23.7 Å². The number of ether oxygens (including phenoxy) is 2. The number of rotatable bonds is 8. The molecule has 0 heterocycles. The zero-order valence-corrected chi connectivity index (χ0v) is 15.4. The third-order valence-corrected chi connectivity index (χ3v) is 3.84. The first kappa shape index (κ1) is 19.6. The predicted octanol–water partition coefficient (Wildman–Crippen LogP) is 3.97. The fraction of sp³-hybridized carbons (Fsp3) is 0.263. The molecule has 0 unspecified atom stereocenters. The van der Waals surface area contributed by atoms with Gasteiger partial charge < -0.3 is 20.1 Å². The minimum Gasteiger partial charge on any atom is -0.494 e. The van der Waals surface area contributed by atoms with Crippen LogP contribution in [0.25, 0.3) is 0 Å². The maximum atomic E-state index is 12.1. The van der Waals surface area contributed by atoms with Gasteiger partial charge in [0.2, 0.25) is 5.91 Å². The highest BCUT2D eigenvalue weighted by atomic mass is 35.5. The van der Waals surface area contributed by atoms with Gasteiger partial charge in [-0.15, -0.1) is 0 Å². The molecule has 0 atom stereocenters. The summed E-state index contributed by atoms with van der Waals surface area (Å²) in [5.74, 6) is 0.0950. The van der Waals surface area contributed by atoms with E-state index < -0.39 is 5.97 Å². The van der Waals surface area contributed by atoms with Crippen LogP contribution in [-0.2, 0) is 9.53 Å². The molecular formula is C19H21ClN2O4. The largest absolute Gasteiger partial charge is 0.494 e. The number of carbonyl (C=O) groups is 2. The van der Waals surface area contributed by atoms with E-state index in [1.807, 2.05) is 31.2 Å². The van der Waals surface area contributed by atoms with Gasteiger partial charge in [-0.25, -0.2) is 4.79 Å². The molecule has 7 heteroatoms. The maximum Gasteiger partial charge on any atom is 0.337 e. The lowest BCUT2D eigenvalue weighted by Crippen LogP contribution is -2.17. The quantitative estimate of drug-likeness (QED) is 0.682. The number of methoxy groups -OCH3 is 1. The molecule has 26 heavy (non-hydrogen) atoms. The summed E-state index contributed by atoms with van der Waals surface area (Å²) in [7, 11) is 1.29. The summed E-state index contributed by atoms with van der Waals surface area (Å²) < 4.78 is 10.0. The molecule has 0 saturated carbocycles. The van der Waals surface area contributed by atoms with Crippen LogP contribution in [-0.4, -0.2) is 32.1 Å². The molecule has 1 amide bonds. The number of hydrogen-bond donors (Lipinski definition) is 2. The monoisotopic (exact) mass is 376 g/mol. The molecule has 0 aliphatic heterocycles. The van der Waals surface area contributed by atoms with Gasteiger partial charge in [-0.3, -0.25) is 4.79 Å².